The van der Waals surface area contributed by atoms with Gasteiger partial charge in [0.2, 0.25) is 5.78 Å². The maximum atomic E-state index is 11.2. The van der Waals surface area contributed by atoms with Crippen molar-refractivity contribution in [2.24, 2.45) is 0 Å². The second kappa shape index (κ2) is 5.29. The van der Waals surface area contributed by atoms with Gasteiger partial charge in [-0.1, -0.05) is 30.3 Å². The molecule has 0 spiro atoms. The molecule has 0 aliphatic heterocycles. The molecule has 0 radical (unpaired) electrons. The number of hydrogen-bond donors (Lipinski definition) is 0. The normalized spacial score (nSPS) is 9.73. The molecule has 0 unspecified atom stereocenters. The van der Waals surface area contributed by atoms with Gasteiger partial charge >= 0.3 is 0 Å². The molecule has 15 heavy (non-hydrogen) atoms. The number of nitrogens with zero attached hydrogens (tertiary/aromatic N) is 1. The Labute approximate surface area is 89.7 Å². The lowest BCUT2D eigenvalue weighted by Crippen LogP contribution is -2.33. The summed E-state index contributed by atoms with van der Waals surface area (Å²) in [4.78, 5) is 23.5. The molecule has 3 nitrogen and oxygen atoms in total. The third-order valence-electron chi connectivity index (χ3n) is 2.23. The van der Waals surface area contributed by atoms with E-state index in [1.807, 2.05) is 30.3 Å². The number of carbonyl (C=O) groups excluding carboxylic acids is 2. The fraction of sp³-hybridized carbons (Fsp3) is 0.333. The molecule has 0 fully saturated rings. The second-order valence-corrected chi connectivity index (χ2v) is 3.52. The number of benzene rings is 1. The van der Waals surface area contributed by atoms with Gasteiger partial charge in [0.25, 0.3) is 5.91 Å². The highest BCUT2D eigenvalue weighted by Gasteiger charge is 2.12. The molecule has 0 saturated carbocycles. The zero-order valence-corrected chi connectivity index (χ0v) is 9.06. The predicted molar refractivity (Wildman–Crippen MR) is 58.5 cm³/mol. The summed E-state index contributed by atoms with van der Waals surface area (Å²) in [5.74, 6) is -0.837. The van der Waals surface area contributed by atoms with Gasteiger partial charge in [-0.15, -0.1) is 0 Å². The van der Waals surface area contributed by atoms with Gasteiger partial charge < -0.3 is 4.90 Å². The van der Waals surface area contributed by atoms with Gasteiger partial charge in [-0.25, -0.2) is 0 Å². The zero-order chi connectivity index (χ0) is 11.3. The van der Waals surface area contributed by atoms with Crippen LogP contribution in [0.2, 0.25) is 0 Å². The van der Waals surface area contributed by atoms with Crippen LogP contribution in [-0.4, -0.2) is 30.2 Å². The first kappa shape index (κ1) is 11.4. The number of likely N-dealkylation sites (N-methyl/N-ethyl adjacent to an activating group) is 1. The summed E-state index contributed by atoms with van der Waals surface area (Å²) >= 11 is 0. The highest BCUT2D eigenvalue weighted by Crippen LogP contribution is 2.00. The van der Waals surface area contributed by atoms with E-state index in [2.05, 4.69) is 0 Å². The first-order chi connectivity index (χ1) is 7.11. The first-order valence-corrected chi connectivity index (χ1v) is 4.91. The van der Waals surface area contributed by atoms with Crippen molar-refractivity contribution < 1.29 is 9.59 Å². The van der Waals surface area contributed by atoms with Crippen molar-refractivity contribution in [1.29, 1.82) is 0 Å². The minimum atomic E-state index is -0.425. The molecule has 1 rings (SSSR count). The molecule has 0 aliphatic rings. The summed E-state index contributed by atoms with van der Waals surface area (Å²) in [5.41, 5.74) is 1.17. The van der Waals surface area contributed by atoms with Crippen molar-refractivity contribution in [2.75, 3.05) is 13.6 Å². The van der Waals surface area contributed by atoms with Gasteiger partial charge in [0.05, 0.1) is 0 Å². The molecule has 0 bridgehead atoms. The fourth-order valence-corrected chi connectivity index (χ4v) is 1.31. The van der Waals surface area contributed by atoms with E-state index in [1.165, 1.54) is 17.4 Å². The van der Waals surface area contributed by atoms with E-state index in [4.69, 9.17) is 0 Å². The molecule has 3 heteroatoms. The molecule has 0 heterocycles. The Hall–Kier alpha value is -1.64. The van der Waals surface area contributed by atoms with Crippen LogP contribution in [0.5, 0.6) is 0 Å². The summed E-state index contributed by atoms with van der Waals surface area (Å²) < 4.78 is 0. The number of Topliss-reactive ketones (excluding diaryl/α,β-unsaturated/α-hetero) is 1. The topological polar surface area (TPSA) is 37.4 Å². The minimum Gasteiger partial charge on any atom is -0.339 e. The number of rotatable bonds is 4. The Bertz CT molecular complexity index is 346. The van der Waals surface area contributed by atoms with E-state index in [9.17, 15) is 9.59 Å². The number of hydrogen-bond acceptors (Lipinski definition) is 2. The maximum Gasteiger partial charge on any atom is 0.289 e. The Balaban J connectivity index is 2.44. The average Bonchev–Trinajstić information content (AvgIpc) is 2.26. The smallest absolute Gasteiger partial charge is 0.289 e. The van der Waals surface area contributed by atoms with Crippen LogP contribution in [0.4, 0.5) is 0 Å². The van der Waals surface area contributed by atoms with Crippen LogP contribution < -0.4 is 0 Å². The van der Waals surface area contributed by atoms with Gasteiger partial charge in [0, 0.05) is 20.5 Å². The third-order valence-corrected chi connectivity index (χ3v) is 2.23. The molecular formula is C12H15NO2. The van der Waals surface area contributed by atoms with E-state index in [-0.39, 0.29) is 0 Å². The molecule has 0 N–H and O–H groups in total. The molecule has 0 aromatic heterocycles. The Morgan fingerprint density at radius 1 is 1.20 bits per heavy atom. The van der Waals surface area contributed by atoms with E-state index in [0.717, 1.165) is 6.42 Å². The summed E-state index contributed by atoms with van der Waals surface area (Å²) in [6.45, 7) is 1.86. The van der Waals surface area contributed by atoms with Crippen LogP contribution in [0.15, 0.2) is 30.3 Å². The zero-order valence-electron chi connectivity index (χ0n) is 9.06. The summed E-state index contributed by atoms with van der Waals surface area (Å²) in [6.07, 6.45) is 0.774. The van der Waals surface area contributed by atoms with Crippen molar-refractivity contribution >= 4 is 11.7 Å². The molecule has 0 atom stereocenters. The van der Waals surface area contributed by atoms with Gasteiger partial charge in [0.15, 0.2) is 0 Å². The fourth-order valence-electron chi connectivity index (χ4n) is 1.31. The Morgan fingerprint density at radius 2 is 1.80 bits per heavy atom. The highest BCUT2D eigenvalue weighted by atomic mass is 16.2. The van der Waals surface area contributed by atoms with Crippen molar-refractivity contribution in [3.05, 3.63) is 35.9 Å². The molecule has 1 amide bonds. The standard InChI is InChI=1S/C12H15NO2/c1-10(14)12(15)13(2)9-8-11-6-4-3-5-7-11/h3-7H,8-9H2,1-2H3. The summed E-state index contributed by atoms with van der Waals surface area (Å²) in [6, 6.07) is 9.89. The van der Waals surface area contributed by atoms with Gasteiger partial charge in [-0.05, 0) is 12.0 Å². The molecule has 80 valence electrons. The molecule has 1 aromatic rings. The lowest BCUT2D eigenvalue weighted by Gasteiger charge is -2.14. The van der Waals surface area contributed by atoms with E-state index >= 15 is 0 Å². The second-order valence-electron chi connectivity index (χ2n) is 3.52. The van der Waals surface area contributed by atoms with E-state index in [0.29, 0.717) is 6.54 Å². The van der Waals surface area contributed by atoms with Crippen molar-refractivity contribution in [2.45, 2.75) is 13.3 Å². The number of ketones is 1. The minimum absolute atomic E-state index is 0.412. The van der Waals surface area contributed by atoms with Gasteiger partial charge in [-0.2, -0.15) is 0 Å². The third kappa shape index (κ3) is 3.54. The van der Waals surface area contributed by atoms with Crippen molar-refractivity contribution in [1.82, 2.24) is 4.90 Å². The lowest BCUT2D eigenvalue weighted by atomic mass is 10.1. The monoisotopic (exact) mass is 205 g/mol. The van der Waals surface area contributed by atoms with E-state index < -0.39 is 11.7 Å². The predicted octanol–water partition coefficient (Wildman–Crippen LogP) is 1.28. The SMILES string of the molecule is CC(=O)C(=O)N(C)CCc1ccccc1. The average molecular weight is 205 g/mol. The lowest BCUT2D eigenvalue weighted by molar-refractivity contribution is -0.142. The van der Waals surface area contributed by atoms with E-state index in [1.54, 1.807) is 7.05 Å². The largest absolute Gasteiger partial charge is 0.339 e. The Morgan fingerprint density at radius 3 is 2.33 bits per heavy atom. The van der Waals surface area contributed by atoms with Crippen LogP contribution in [0, 0.1) is 0 Å². The number of amides is 1. The summed E-state index contributed by atoms with van der Waals surface area (Å²) in [5, 5.41) is 0. The molecule has 1 aromatic carbocycles. The van der Waals surface area contributed by atoms with Crippen LogP contribution in [0.25, 0.3) is 0 Å². The van der Waals surface area contributed by atoms with Gasteiger partial charge in [-0.3, -0.25) is 9.59 Å². The maximum absolute atomic E-state index is 11.2. The molecule has 0 aliphatic carbocycles. The quantitative estimate of drug-likeness (QED) is 0.694. The van der Waals surface area contributed by atoms with Gasteiger partial charge in [0.1, 0.15) is 0 Å². The first-order valence-electron chi connectivity index (χ1n) is 4.91. The molecule has 0 saturated heterocycles. The molecular weight excluding hydrogens is 190 g/mol. The number of carbonyl (C=O) groups is 2. The van der Waals surface area contributed by atoms with Crippen LogP contribution in [-0.2, 0) is 16.0 Å². The van der Waals surface area contributed by atoms with Crippen LogP contribution in [0.3, 0.4) is 0 Å². The van der Waals surface area contributed by atoms with Crippen LogP contribution in [0.1, 0.15) is 12.5 Å². The van der Waals surface area contributed by atoms with Crippen LogP contribution >= 0.6 is 0 Å². The highest BCUT2D eigenvalue weighted by molar-refractivity contribution is 6.34. The summed E-state index contributed by atoms with van der Waals surface area (Å²) in [7, 11) is 1.65. The Kier molecular flexibility index (Phi) is 4.03. The van der Waals surface area contributed by atoms with Crippen molar-refractivity contribution in [3.8, 4) is 0 Å². The van der Waals surface area contributed by atoms with Crippen molar-refractivity contribution in [3.63, 3.8) is 0 Å².